The van der Waals surface area contributed by atoms with E-state index in [2.05, 4.69) is 15.9 Å². The Labute approximate surface area is 78.7 Å². The minimum absolute atomic E-state index is 0.531. The number of rotatable bonds is 1. The zero-order chi connectivity index (χ0) is 8.27. The fourth-order valence-corrected chi connectivity index (χ4v) is 1.63. The Hall–Kier alpha value is -0.520. The summed E-state index contributed by atoms with van der Waals surface area (Å²) in [5, 5.41) is 9.82. The highest BCUT2D eigenvalue weighted by Crippen LogP contribution is 2.22. The molecule has 0 saturated carbocycles. The summed E-state index contributed by atoms with van der Waals surface area (Å²) in [4.78, 5) is 0. The summed E-state index contributed by atoms with van der Waals surface area (Å²) >= 11 is 9.13. The van der Waals surface area contributed by atoms with Crippen molar-refractivity contribution in [3.8, 4) is 6.07 Å². The van der Waals surface area contributed by atoms with E-state index in [9.17, 15) is 0 Å². The predicted octanol–water partition coefficient (Wildman–Crippen LogP) is 3.11. The summed E-state index contributed by atoms with van der Waals surface area (Å²) in [6.45, 7) is 0. The number of hydrogen-bond donors (Lipinski definition) is 0. The number of alkyl halides is 1. The molecule has 0 spiro atoms. The zero-order valence-electron chi connectivity index (χ0n) is 5.64. The standard InChI is InChI=1S/C8H5BrClN/c9-4-6-2-1-3-7(5-11)8(6)10/h1-3H,4H2. The van der Waals surface area contributed by atoms with E-state index in [0.29, 0.717) is 15.9 Å². The van der Waals surface area contributed by atoms with Crippen LogP contribution in [0.3, 0.4) is 0 Å². The first-order chi connectivity index (χ1) is 5.29. The van der Waals surface area contributed by atoms with Gasteiger partial charge in [-0.3, -0.25) is 0 Å². The van der Waals surface area contributed by atoms with Crippen LogP contribution in [-0.2, 0) is 5.33 Å². The van der Waals surface area contributed by atoms with E-state index in [4.69, 9.17) is 16.9 Å². The minimum Gasteiger partial charge on any atom is -0.192 e. The second-order valence-electron chi connectivity index (χ2n) is 2.02. The van der Waals surface area contributed by atoms with Gasteiger partial charge in [0.2, 0.25) is 0 Å². The highest BCUT2D eigenvalue weighted by atomic mass is 79.9. The molecule has 1 aromatic rings. The van der Waals surface area contributed by atoms with Gasteiger partial charge in [-0.1, -0.05) is 39.7 Å². The lowest BCUT2D eigenvalue weighted by molar-refractivity contribution is 1.40. The van der Waals surface area contributed by atoms with E-state index in [0.717, 1.165) is 5.56 Å². The Morgan fingerprint density at radius 1 is 1.55 bits per heavy atom. The second kappa shape index (κ2) is 3.75. The lowest BCUT2D eigenvalue weighted by Crippen LogP contribution is -1.83. The molecule has 0 amide bonds. The smallest absolute Gasteiger partial charge is 0.101 e. The topological polar surface area (TPSA) is 23.8 Å². The van der Waals surface area contributed by atoms with Crippen molar-refractivity contribution in [1.82, 2.24) is 0 Å². The van der Waals surface area contributed by atoms with Gasteiger partial charge in [0.1, 0.15) is 6.07 Å². The van der Waals surface area contributed by atoms with Crippen LogP contribution < -0.4 is 0 Å². The van der Waals surface area contributed by atoms with E-state index < -0.39 is 0 Å². The lowest BCUT2D eigenvalue weighted by atomic mass is 10.1. The first-order valence-corrected chi connectivity index (χ1v) is 4.53. The first kappa shape index (κ1) is 8.58. The molecular formula is C8H5BrClN. The molecule has 0 saturated heterocycles. The van der Waals surface area contributed by atoms with Gasteiger partial charge in [-0.25, -0.2) is 0 Å². The van der Waals surface area contributed by atoms with Crippen molar-refractivity contribution >= 4 is 27.5 Å². The van der Waals surface area contributed by atoms with Crippen LogP contribution in [0.5, 0.6) is 0 Å². The highest BCUT2D eigenvalue weighted by molar-refractivity contribution is 9.08. The summed E-state index contributed by atoms with van der Waals surface area (Å²) < 4.78 is 0. The molecule has 0 bridgehead atoms. The van der Waals surface area contributed by atoms with E-state index >= 15 is 0 Å². The molecular weight excluding hydrogens is 225 g/mol. The van der Waals surface area contributed by atoms with Crippen LogP contribution in [0.4, 0.5) is 0 Å². The van der Waals surface area contributed by atoms with Crippen LogP contribution in [0.15, 0.2) is 18.2 Å². The average Bonchev–Trinajstić information content (AvgIpc) is 2.05. The summed E-state index contributed by atoms with van der Waals surface area (Å²) in [5.41, 5.74) is 1.48. The zero-order valence-corrected chi connectivity index (χ0v) is 7.98. The Morgan fingerprint density at radius 2 is 2.27 bits per heavy atom. The molecule has 0 radical (unpaired) electrons. The molecule has 0 fully saturated rings. The molecule has 3 heteroatoms. The maximum absolute atomic E-state index is 8.59. The Bertz CT molecular complexity index is 303. The largest absolute Gasteiger partial charge is 0.192 e. The predicted molar refractivity (Wildman–Crippen MR) is 48.8 cm³/mol. The van der Waals surface area contributed by atoms with Gasteiger partial charge in [0, 0.05) is 5.33 Å². The Balaban J connectivity index is 3.23. The molecule has 0 N–H and O–H groups in total. The maximum atomic E-state index is 8.59. The van der Waals surface area contributed by atoms with Crippen LogP contribution >= 0.6 is 27.5 Å². The van der Waals surface area contributed by atoms with Gasteiger partial charge in [0.25, 0.3) is 0 Å². The fourth-order valence-electron chi connectivity index (χ4n) is 0.769. The molecule has 0 aliphatic rings. The summed E-state index contributed by atoms with van der Waals surface area (Å²) in [6.07, 6.45) is 0. The van der Waals surface area contributed by atoms with Gasteiger partial charge in [-0.15, -0.1) is 0 Å². The maximum Gasteiger partial charge on any atom is 0.101 e. The Morgan fingerprint density at radius 3 is 2.82 bits per heavy atom. The summed E-state index contributed by atoms with van der Waals surface area (Å²) in [7, 11) is 0. The van der Waals surface area contributed by atoms with Crippen LogP contribution in [0.25, 0.3) is 0 Å². The molecule has 0 heterocycles. The molecule has 0 unspecified atom stereocenters. The number of nitriles is 1. The van der Waals surface area contributed by atoms with Gasteiger partial charge in [-0.2, -0.15) is 5.26 Å². The normalized spacial score (nSPS) is 9.18. The van der Waals surface area contributed by atoms with Gasteiger partial charge in [0.05, 0.1) is 10.6 Å². The van der Waals surface area contributed by atoms with E-state index in [1.54, 1.807) is 6.07 Å². The van der Waals surface area contributed by atoms with Gasteiger partial charge in [-0.05, 0) is 11.6 Å². The van der Waals surface area contributed by atoms with Crippen molar-refractivity contribution in [3.05, 3.63) is 34.3 Å². The quantitative estimate of drug-likeness (QED) is 0.680. The second-order valence-corrected chi connectivity index (χ2v) is 2.96. The molecule has 11 heavy (non-hydrogen) atoms. The molecule has 0 atom stereocenters. The van der Waals surface area contributed by atoms with E-state index in [1.165, 1.54) is 0 Å². The van der Waals surface area contributed by atoms with Crippen LogP contribution in [0.2, 0.25) is 5.02 Å². The SMILES string of the molecule is N#Cc1cccc(CBr)c1Cl. The van der Waals surface area contributed by atoms with Crippen molar-refractivity contribution in [3.63, 3.8) is 0 Å². The molecule has 1 rings (SSSR count). The third-order valence-corrected chi connectivity index (χ3v) is 2.39. The lowest BCUT2D eigenvalue weighted by Gasteiger charge is -1.99. The van der Waals surface area contributed by atoms with Gasteiger partial charge >= 0.3 is 0 Å². The van der Waals surface area contributed by atoms with E-state index in [-0.39, 0.29) is 0 Å². The fraction of sp³-hybridized carbons (Fsp3) is 0.125. The van der Waals surface area contributed by atoms with Crippen LogP contribution in [0, 0.1) is 11.3 Å². The minimum atomic E-state index is 0.531. The highest BCUT2D eigenvalue weighted by Gasteiger charge is 2.02. The van der Waals surface area contributed by atoms with Crippen molar-refractivity contribution in [1.29, 1.82) is 5.26 Å². The van der Waals surface area contributed by atoms with Crippen molar-refractivity contribution in [2.24, 2.45) is 0 Å². The van der Waals surface area contributed by atoms with Gasteiger partial charge < -0.3 is 0 Å². The third-order valence-electron chi connectivity index (χ3n) is 1.34. The van der Waals surface area contributed by atoms with Crippen molar-refractivity contribution in [2.45, 2.75) is 5.33 Å². The number of hydrogen-bond acceptors (Lipinski definition) is 1. The molecule has 0 aromatic heterocycles. The third kappa shape index (κ3) is 1.74. The van der Waals surface area contributed by atoms with Crippen molar-refractivity contribution in [2.75, 3.05) is 0 Å². The monoisotopic (exact) mass is 229 g/mol. The molecule has 0 aliphatic carbocycles. The van der Waals surface area contributed by atoms with Crippen LogP contribution in [-0.4, -0.2) is 0 Å². The average molecular weight is 230 g/mol. The number of nitrogens with zero attached hydrogens (tertiary/aromatic N) is 1. The summed E-state index contributed by atoms with van der Waals surface area (Å²) in [6, 6.07) is 7.43. The van der Waals surface area contributed by atoms with Crippen LogP contribution in [0.1, 0.15) is 11.1 Å². The molecule has 1 nitrogen and oxygen atoms in total. The molecule has 1 aromatic carbocycles. The Kier molecular flexibility index (Phi) is 2.92. The number of benzene rings is 1. The van der Waals surface area contributed by atoms with Crippen molar-refractivity contribution < 1.29 is 0 Å². The first-order valence-electron chi connectivity index (χ1n) is 3.03. The van der Waals surface area contributed by atoms with Gasteiger partial charge in [0.15, 0.2) is 0 Å². The molecule has 56 valence electrons. The molecule has 0 aliphatic heterocycles. The number of halogens is 2. The van der Waals surface area contributed by atoms with E-state index in [1.807, 2.05) is 18.2 Å². The summed E-state index contributed by atoms with van der Waals surface area (Å²) in [5.74, 6) is 0.